The molecule has 16 heavy (non-hydrogen) atoms. The Morgan fingerprint density at radius 2 is 1.81 bits per heavy atom. The van der Waals surface area contributed by atoms with E-state index in [2.05, 4.69) is 27.7 Å². The average Bonchev–Trinajstić information content (AvgIpc) is 2.23. The lowest BCUT2D eigenvalue weighted by Gasteiger charge is -2.57. The molecule has 92 valence electrons. The van der Waals surface area contributed by atoms with Gasteiger partial charge in [0.2, 0.25) is 0 Å². The molecule has 2 saturated carbocycles. The van der Waals surface area contributed by atoms with E-state index in [1.807, 2.05) is 0 Å². The number of aldehydes is 1. The van der Waals surface area contributed by atoms with Gasteiger partial charge in [0.15, 0.2) is 0 Å². The minimum Gasteiger partial charge on any atom is -0.303 e. The van der Waals surface area contributed by atoms with Crippen molar-refractivity contribution < 1.29 is 4.79 Å². The van der Waals surface area contributed by atoms with Crippen LogP contribution < -0.4 is 0 Å². The van der Waals surface area contributed by atoms with Crippen molar-refractivity contribution >= 4 is 6.29 Å². The monoisotopic (exact) mass is 222 g/mol. The Balaban J connectivity index is 2.38. The van der Waals surface area contributed by atoms with E-state index in [1.54, 1.807) is 0 Å². The van der Waals surface area contributed by atoms with Gasteiger partial charge in [0.25, 0.3) is 0 Å². The zero-order chi connectivity index (χ0) is 12.0. The first-order valence-corrected chi connectivity index (χ1v) is 6.90. The molecule has 0 unspecified atom stereocenters. The molecule has 0 heterocycles. The third kappa shape index (κ3) is 1.55. The molecule has 1 nitrogen and oxygen atoms in total. The fourth-order valence-corrected chi connectivity index (χ4v) is 4.59. The zero-order valence-electron chi connectivity index (χ0n) is 11.3. The molecule has 0 aromatic rings. The zero-order valence-corrected chi connectivity index (χ0v) is 11.3. The topological polar surface area (TPSA) is 17.1 Å². The van der Waals surface area contributed by atoms with Gasteiger partial charge in [0.1, 0.15) is 6.29 Å². The second-order valence-corrected chi connectivity index (χ2v) is 6.97. The van der Waals surface area contributed by atoms with Gasteiger partial charge in [-0.05, 0) is 42.4 Å². The maximum atomic E-state index is 11.8. The number of fused-ring (bicyclic) bond motifs is 1. The van der Waals surface area contributed by atoms with Crippen LogP contribution >= 0.6 is 0 Å². The molecule has 2 fully saturated rings. The molecule has 4 atom stereocenters. The number of carbonyl (C=O) groups excluding carboxylic acids is 1. The standard InChI is InChI=1S/C15H26O/c1-11-6-7-13-14(3,4)8-5-9-15(13,10-16)12(11)2/h10-13H,5-9H2,1-4H3/t11-,12-,13-,15-/m0/s1. The predicted molar refractivity (Wildman–Crippen MR) is 67.2 cm³/mol. The minimum atomic E-state index is -0.000579. The summed E-state index contributed by atoms with van der Waals surface area (Å²) in [6.45, 7) is 9.38. The van der Waals surface area contributed by atoms with E-state index in [9.17, 15) is 4.79 Å². The average molecular weight is 222 g/mol. The summed E-state index contributed by atoms with van der Waals surface area (Å²) in [7, 11) is 0. The third-order valence-corrected chi connectivity index (χ3v) is 5.85. The molecule has 2 rings (SSSR count). The SMILES string of the molecule is C[C@H]1CC[C@H]2C(C)(C)CCC[C@]2(C=O)[C@H]1C. The van der Waals surface area contributed by atoms with E-state index >= 15 is 0 Å². The Morgan fingerprint density at radius 3 is 2.44 bits per heavy atom. The van der Waals surface area contributed by atoms with Gasteiger partial charge in [-0.15, -0.1) is 0 Å². The lowest BCUT2D eigenvalue weighted by molar-refractivity contribution is -0.142. The summed E-state index contributed by atoms with van der Waals surface area (Å²) in [4.78, 5) is 11.8. The summed E-state index contributed by atoms with van der Waals surface area (Å²) in [6, 6.07) is 0. The molecule has 0 aromatic heterocycles. The summed E-state index contributed by atoms with van der Waals surface area (Å²) in [6.07, 6.45) is 7.57. The molecule has 0 spiro atoms. The second-order valence-electron chi connectivity index (χ2n) is 6.97. The van der Waals surface area contributed by atoms with Crippen molar-refractivity contribution in [3.05, 3.63) is 0 Å². The molecule has 0 saturated heterocycles. The van der Waals surface area contributed by atoms with Crippen molar-refractivity contribution in [1.82, 2.24) is 0 Å². The maximum Gasteiger partial charge on any atom is 0.126 e. The highest BCUT2D eigenvalue weighted by Gasteiger charge is 2.54. The van der Waals surface area contributed by atoms with Gasteiger partial charge < -0.3 is 4.79 Å². The molecular formula is C15H26O. The first kappa shape index (κ1) is 12.1. The van der Waals surface area contributed by atoms with Crippen LogP contribution in [0.15, 0.2) is 0 Å². The normalized spacial score (nSPS) is 47.1. The fraction of sp³-hybridized carbons (Fsp3) is 0.933. The lowest BCUT2D eigenvalue weighted by atomic mass is 9.47. The summed E-state index contributed by atoms with van der Waals surface area (Å²) in [5.74, 6) is 1.91. The van der Waals surface area contributed by atoms with Crippen LogP contribution in [0.4, 0.5) is 0 Å². The van der Waals surface area contributed by atoms with E-state index < -0.39 is 0 Å². The Bertz CT molecular complexity index is 281. The molecule has 0 aromatic carbocycles. The highest BCUT2D eigenvalue weighted by Crippen LogP contribution is 2.60. The molecular weight excluding hydrogens is 196 g/mol. The van der Waals surface area contributed by atoms with Gasteiger partial charge in [0.05, 0.1) is 0 Å². The van der Waals surface area contributed by atoms with Crippen molar-refractivity contribution in [3.8, 4) is 0 Å². The first-order valence-electron chi connectivity index (χ1n) is 6.90. The highest BCUT2D eigenvalue weighted by atomic mass is 16.1. The molecule has 0 N–H and O–H groups in total. The molecule has 0 radical (unpaired) electrons. The van der Waals surface area contributed by atoms with E-state index in [0.717, 1.165) is 12.3 Å². The first-order chi connectivity index (χ1) is 7.44. The molecule has 0 bridgehead atoms. The van der Waals surface area contributed by atoms with Gasteiger partial charge in [0, 0.05) is 5.41 Å². The van der Waals surface area contributed by atoms with Gasteiger partial charge in [-0.25, -0.2) is 0 Å². The third-order valence-electron chi connectivity index (χ3n) is 5.85. The van der Waals surface area contributed by atoms with E-state index in [0.29, 0.717) is 17.3 Å². The number of carbonyl (C=O) groups is 1. The molecule has 2 aliphatic carbocycles. The number of rotatable bonds is 1. The Labute approximate surface area is 100.0 Å². The van der Waals surface area contributed by atoms with E-state index in [-0.39, 0.29) is 5.41 Å². The van der Waals surface area contributed by atoms with Crippen LogP contribution in [0, 0.1) is 28.6 Å². The summed E-state index contributed by atoms with van der Waals surface area (Å²) in [5, 5.41) is 0. The second kappa shape index (κ2) is 3.85. The Morgan fingerprint density at radius 1 is 1.12 bits per heavy atom. The highest BCUT2D eigenvalue weighted by molar-refractivity contribution is 5.61. The van der Waals surface area contributed by atoms with Crippen LogP contribution in [0.2, 0.25) is 0 Å². The van der Waals surface area contributed by atoms with Crippen molar-refractivity contribution in [1.29, 1.82) is 0 Å². The summed E-state index contributed by atoms with van der Waals surface area (Å²) < 4.78 is 0. The minimum absolute atomic E-state index is 0.000579. The van der Waals surface area contributed by atoms with Crippen molar-refractivity contribution in [3.63, 3.8) is 0 Å². The molecule has 2 aliphatic rings. The van der Waals surface area contributed by atoms with Crippen LogP contribution in [0.5, 0.6) is 0 Å². The summed E-state index contributed by atoms with van der Waals surface area (Å²) >= 11 is 0. The van der Waals surface area contributed by atoms with E-state index in [4.69, 9.17) is 0 Å². The fourth-order valence-electron chi connectivity index (χ4n) is 4.59. The molecule has 1 heteroatoms. The lowest BCUT2D eigenvalue weighted by Crippen LogP contribution is -2.52. The van der Waals surface area contributed by atoms with Crippen LogP contribution in [0.25, 0.3) is 0 Å². The number of hydrogen-bond donors (Lipinski definition) is 0. The van der Waals surface area contributed by atoms with Crippen molar-refractivity contribution in [2.45, 2.75) is 59.8 Å². The van der Waals surface area contributed by atoms with Crippen molar-refractivity contribution in [2.24, 2.45) is 28.6 Å². The van der Waals surface area contributed by atoms with E-state index in [1.165, 1.54) is 32.0 Å². The van der Waals surface area contributed by atoms with Crippen LogP contribution in [0.3, 0.4) is 0 Å². The quantitative estimate of drug-likeness (QED) is 0.611. The largest absolute Gasteiger partial charge is 0.303 e. The van der Waals surface area contributed by atoms with Crippen molar-refractivity contribution in [2.75, 3.05) is 0 Å². The van der Waals surface area contributed by atoms with Crippen LogP contribution in [-0.2, 0) is 4.79 Å². The van der Waals surface area contributed by atoms with Gasteiger partial charge in [-0.1, -0.05) is 40.5 Å². The van der Waals surface area contributed by atoms with Gasteiger partial charge in [-0.2, -0.15) is 0 Å². The van der Waals surface area contributed by atoms with Crippen LogP contribution in [-0.4, -0.2) is 6.29 Å². The predicted octanol–water partition coefficient (Wildman–Crippen LogP) is 4.06. The molecule has 0 amide bonds. The van der Waals surface area contributed by atoms with Gasteiger partial charge >= 0.3 is 0 Å². The smallest absolute Gasteiger partial charge is 0.126 e. The Hall–Kier alpha value is -0.330. The Kier molecular flexibility index (Phi) is 2.92. The number of hydrogen-bond acceptors (Lipinski definition) is 1. The van der Waals surface area contributed by atoms with Crippen LogP contribution in [0.1, 0.15) is 59.8 Å². The molecule has 0 aliphatic heterocycles. The maximum absolute atomic E-state index is 11.8. The summed E-state index contributed by atoms with van der Waals surface area (Å²) in [5.41, 5.74) is 0.368. The van der Waals surface area contributed by atoms with Gasteiger partial charge in [-0.3, -0.25) is 0 Å².